The Morgan fingerprint density at radius 1 is 1.04 bits per heavy atom. The van der Waals surface area contributed by atoms with Crippen LogP contribution >= 0.6 is 0 Å². The van der Waals surface area contributed by atoms with Crippen molar-refractivity contribution in [3.63, 3.8) is 0 Å². The standard InChI is InChI=1S/C22H23FN4O/c1-15-5-3-4-6-18(15)14-25-22-26-16(2)13-20(27-22)21(28)24-12-11-17-7-9-19(23)10-8-17/h3-10,13H,11-12,14H2,1-2H3,(H,24,28)(H,25,26,27). The average Bonchev–Trinajstić information content (AvgIpc) is 2.68. The van der Waals surface area contributed by atoms with Gasteiger partial charge in [-0.2, -0.15) is 0 Å². The van der Waals surface area contributed by atoms with Crippen molar-refractivity contribution in [1.29, 1.82) is 0 Å². The summed E-state index contributed by atoms with van der Waals surface area (Å²) in [6, 6.07) is 16.0. The first-order valence-electron chi connectivity index (χ1n) is 9.18. The van der Waals surface area contributed by atoms with Gasteiger partial charge in [0.2, 0.25) is 5.95 Å². The van der Waals surface area contributed by atoms with Gasteiger partial charge in [-0.3, -0.25) is 4.79 Å². The van der Waals surface area contributed by atoms with E-state index in [-0.39, 0.29) is 11.7 Å². The summed E-state index contributed by atoms with van der Waals surface area (Å²) in [5.41, 5.74) is 4.32. The molecule has 0 saturated carbocycles. The number of rotatable bonds is 7. The van der Waals surface area contributed by atoms with Crippen molar-refractivity contribution in [1.82, 2.24) is 15.3 Å². The van der Waals surface area contributed by atoms with Crippen molar-refractivity contribution in [3.05, 3.63) is 88.5 Å². The van der Waals surface area contributed by atoms with E-state index in [1.165, 1.54) is 17.7 Å². The number of hydrogen-bond acceptors (Lipinski definition) is 4. The molecule has 0 atom stereocenters. The predicted octanol–water partition coefficient (Wildman–Crippen LogP) is 3.82. The fourth-order valence-electron chi connectivity index (χ4n) is 2.81. The number of nitrogens with one attached hydrogen (secondary N) is 2. The maximum Gasteiger partial charge on any atom is 0.270 e. The molecule has 2 N–H and O–H groups in total. The van der Waals surface area contributed by atoms with Gasteiger partial charge in [0.1, 0.15) is 11.5 Å². The Balaban J connectivity index is 1.59. The van der Waals surface area contributed by atoms with Crippen molar-refractivity contribution in [3.8, 4) is 0 Å². The first-order valence-corrected chi connectivity index (χ1v) is 9.18. The molecule has 1 amide bonds. The molecule has 3 aromatic rings. The van der Waals surface area contributed by atoms with Crippen molar-refractivity contribution in [2.75, 3.05) is 11.9 Å². The zero-order valence-electron chi connectivity index (χ0n) is 16.0. The SMILES string of the molecule is Cc1cc(C(=O)NCCc2ccc(F)cc2)nc(NCc2ccccc2C)n1. The van der Waals surface area contributed by atoms with Crippen LogP contribution in [-0.2, 0) is 13.0 Å². The Hall–Kier alpha value is -3.28. The van der Waals surface area contributed by atoms with Crippen LogP contribution in [-0.4, -0.2) is 22.4 Å². The van der Waals surface area contributed by atoms with E-state index < -0.39 is 0 Å². The van der Waals surface area contributed by atoms with Crippen LogP contribution in [0.5, 0.6) is 0 Å². The molecule has 1 aromatic heterocycles. The Labute approximate surface area is 164 Å². The summed E-state index contributed by atoms with van der Waals surface area (Å²) in [5, 5.41) is 6.04. The number of anilines is 1. The normalized spacial score (nSPS) is 10.5. The van der Waals surface area contributed by atoms with Crippen LogP contribution < -0.4 is 10.6 Å². The van der Waals surface area contributed by atoms with Crippen LogP contribution in [0.2, 0.25) is 0 Å². The van der Waals surface area contributed by atoms with Gasteiger partial charge in [-0.25, -0.2) is 14.4 Å². The molecule has 0 aliphatic heterocycles. The van der Waals surface area contributed by atoms with Crippen molar-refractivity contribution < 1.29 is 9.18 Å². The summed E-state index contributed by atoms with van der Waals surface area (Å²) in [5.74, 6) is -0.103. The Kier molecular flexibility index (Phi) is 6.32. The molecular weight excluding hydrogens is 355 g/mol. The zero-order valence-corrected chi connectivity index (χ0v) is 16.0. The largest absolute Gasteiger partial charge is 0.350 e. The minimum Gasteiger partial charge on any atom is -0.350 e. The van der Waals surface area contributed by atoms with Gasteiger partial charge in [-0.15, -0.1) is 0 Å². The van der Waals surface area contributed by atoms with E-state index in [1.54, 1.807) is 18.2 Å². The van der Waals surface area contributed by atoms with Gasteiger partial charge in [-0.1, -0.05) is 36.4 Å². The smallest absolute Gasteiger partial charge is 0.270 e. The highest BCUT2D eigenvalue weighted by Crippen LogP contribution is 2.11. The Morgan fingerprint density at radius 3 is 2.54 bits per heavy atom. The third kappa shape index (κ3) is 5.36. The molecule has 0 spiro atoms. The van der Waals surface area contributed by atoms with Crippen LogP contribution in [0.15, 0.2) is 54.6 Å². The summed E-state index contributed by atoms with van der Waals surface area (Å²) in [6.45, 7) is 4.91. The first kappa shape index (κ1) is 19.5. The lowest BCUT2D eigenvalue weighted by Gasteiger charge is -2.10. The highest BCUT2D eigenvalue weighted by molar-refractivity contribution is 5.92. The third-order valence-corrected chi connectivity index (χ3v) is 4.40. The molecule has 144 valence electrons. The van der Waals surface area contributed by atoms with Crippen molar-refractivity contribution in [2.24, 2.45) is 0 Å². The lowest BCUT2D eigenvalue weighted by atomic mass is 10.1. The summed E-state index contributed by atoms with van der Waals surface area (Å²) in [6.07, 6.45) is 0.620. The number of halogens is 1. The lowest BCUT2D eigenvalue weighted by Crippen LogP contribution is -2.27. The quantitative estimate of drug-likeness (QED) is 0.656. The zero-order chi connectivity index (χ0) is 19.9. The fourth-order valence-corrected chi connectivity index (χ4v) is 2.81. The van der Waals surface area contributed by atoms with Crippen LogP contribution in [0, 0.1) is 19.7 Å². The number of amides is 1. The maximum atomic E-state index is 12.9. The van der Waals surface area contributed by atoms with E-state index in [2.05, 4.69) is 20.6 Å². The van der Waals surface area contributed by atoms with Gasteiger partial charge in [0.05, 0.1) is 0 Å². The van der Waals surface area contributed by atoms with E-state index in [1.807, 2.05) is 38.1 Å². The molecule has 5 nitrogen and oxygen atoms in total. The Morgan fingerprint density at radius 2 is 1.79 bits per heavy atom. The van der Waals surface area contributed by atoms with Crippen LogP contribution in [0.3, 0.4) is 0 Å². The molecule has 1 heterocycles. The first-order chi connectivity index (χ1) is 13.5. The number of nitrogens with zero attached hydrogens (tertiary/aromatic N) is 2. The van der Waals surface area contributed by atoms with Crippen LogP contribution in [0.4, 0.5) is 10.3 Å². The summed E-state index contributed by atoms with van der Waals surface area (Å²) < 4.78 is 12.9. The molecule has 0 saturated heterocycles. The highest BCUT2D eigenvalue weighted by atomic mass is 19.1. The number of benzene rings is 2. The second kappa shape index (κ2) is 9.08. The number of aromatic nitrogens is 2. The number of carbonyl (C=O) groups is 1. The number of aryl methyl sites for hydroxylation is 2. The molecule has 6 heteroatoms. The number of carbonyl (C=O) groups excluding carboxylic acids is 1. The summed E-state index contributed by atoms with van der Waals surface area (Å²) >= 11 is 0. The molecule has 0 unspecified atom stereocenters. The Bertz CT molecular complexity index is 957. The molecule has 0 aliphatic rings. The van der Waals surface area contributed by atoms with E-state index >= 15 is 0 Å². The second-order valence-corrected chi connectivity index (χ2v) is 6.63. The average molecular weight is 378 g/mol. The van der Waals surface area contributed by atoms with Gasteiger partial charge in [0, 0.05) is 18.8 Å². The second-order valence-electron chi connectivity index (χ2n) is 6.63. The van der Waals surface area contributed by atoms with Gasteiger partial charge in [0.25, 0.3) is 5.91 Å². The molecule has 0 radical (unpaired) electrons. The fraction of sp³-hybridized carbons (Fsp3) is 0.227. The minimum absolute atomic E-state index is 0.258. The molecular formula is C22H23FN4O. The monoisotopic (exact) mass is 378 g/mol. The van der Waals surface area contributed by atoms with Crippen molar-refractivity contribution in [2.45, 2.75) is 26.8 Å². The number of hydrogen-bond donors (Lipinski definition) is 2. The summed E-state index contributed by atoms with van der Waals surface area (Å²) in [7, 11) is 0. The van der Waals surface area contributed by atoms with E-state index in [0.29, 0.717) is 36.8 Å². The van der Waals surface area contributed by atoms with Gasteiger partial charge >= 0.3 is 0 Å². The van der Waals surface area contributed by atoms with Crippen LogP contribution in [0.1, 0.15) is 32.9 Å². The molecule has 0 aliphatic carbocycles. The van der Waals surface area contributed by atoms with E-state index in [4.69, 9.17) is 0 Å². The third-order valence-electron chi connectivity index (χ3n) is 4.40. The highest BCUT2D eigenvalue weighted by Gasteiger charge is 2.10. The molecule has 0 fully saturated rings. The maximum absolute atomic E-state index is 12.9. The topological polar surface area (TPSA) is 66.9 Å². The van der Waals surface area contributed by atoms with Gasteiger partial charge in [-0.05, 0) is 55.2 Å². The van der Waals surface area contributed by atoms with E-state index in [9.17, 15) is 9.18 Å². The van der Waals surface area contributed by atoms with E-state index in [0.717, 1.165) is 11.1 Å². The van der Waals surface area contributed by atoms with Gasteiger partial charge in [0.15, 0.2) is 0 Å². The lowest BCUT2D eigenvalue weighted by molar-refractivity contribution is 0.0949. The summed E-state index contributed by atoms with van der Waals surface area (Å²) in [4.78, 5) is 21.1. The minimum atomic E-state index is -0.269. The van der Waals surface area contributed by atoms with Gasteiger partial charge < -0.3 is 10.6 Å². The van der Waals surface area contributed by atoms with Crippen molar-refractivity contribution >= 4 is 11.9 Å². The molecule has 2 aromatic carbocycles. The molecule has 0 bridgehead atoms. The molecule has 3 rings (SSSR count). The molecule has 28 heavy (non-hydrogen) atoms. The van der Waals surface area contributed by atoms with Crippen LogP contribution in [0.25, 0.3) is 0 Å². The predicted molar refractivity (Wildman–Crippen MR) is 108 cm³/mol.